The first-order valence-corrected chi connectivity index (χ1v) is 8.25. The molecular formula is C18H20BrNO3. The molecule has 5 heteroatoms. The molecule has 2 aromatic rings. The van der Waals surface area contributed by atoms with Gasteiger partial charge in [-0.3, -0.25) is 4.79 Å². The maximum atomic E-state index is 11.8. The summed E-state index contributed by atoms with van der Waals surface area (Å²) in [5, 5.41) is 2.83. The van der Waals surface area contributed by atoms with Crippen molar-refractivity contribution in [2.45, 2.75) is 20.4 Å². The summed E-state index contributed by atoms with van der Waals surface area (Å²) in [4.78, 5) is 11.8. The molecule has 0 saturated heterocycles. The Bertz CT molecular complexity index is 656. The molecule has 1 N–H and O–H groups in total. The van der Waals surface area contributed by atoms with Crippen molar-refractivity contribution in [3.8, 4) is 11.5 Å². The van der Waals surface area contributed by atoms with E-state index in [0.29, 0.717) is 18.9 Å². The fourth-order valence-electron chi connectivity index (χ4n) is 1.98. The molecule has 0 unspecified atom stereocenters. The van der Waals surface area contributed by atoms with Gasteiger partial charge in [0, 0.05) is 11.0 Å². The Morgan fingerprint density at radius 3 is 2.43 bits per heavy atom. The number of halogens is 1. The van der Waals surface area contributed by atoms with E-state index < -0.39 is 0 Å². The average Bonchev–Trinajstić information content (AvgIpc) is 2.55. The molecule has 2 aromatic carbocycles. The van der Waals surface area contributed by atoms with Gasteiger partial charge in [-0.15, -0.1) is 0 Å². The number of carbonyl (C=O) groups excluding carboxylic acids is 1. The predicted octanol–water partition coefficient (Wildman–Crippen LogP) is 3.85. The minimum Gasteiger partial charge on any atom is -0.494 e. The topological polar surface area (TPSA) is 47.6 Å². The third-order valence-corrected chi connectivity index (χ3v) is 4.11. The molecule has 0 fully saturated rings. The van der Waals surface area contributed by atoms with Crippen molar-refractivity contribution in [1.29, 1.82) is 0 Å². The fourth-order valence-corrected chi connectivity index (χ4v) is 2.22. The maximum Gasteiger partial charge on any atom is 0.258 e. The number of rotatable bonds is 7. The van der Waals surface area contributed by atoms with E-state index in [0.717, 1.165) is 21.3 Å². The highest BCUT2D eigenvalue weighted by atomic mass is 79.9. The van der Waals surface area contributed by atoms with Crippen LogP contribution in [0.3, 0.4) is 0 Å². The molecule has 0 spiro atoms. The van der Waals surface area contributed by atoms with Crippen molar-refractivity contribution >= 4 is 21.8 Å². The highest BCUT2D eigenvalue weighted by molar-refractivity contribution is 9.10. The summed E-state index contributed by atoms with van der Waals surface area (Å²) >= 11 is 3.43. The van der Waals surface area contributed by atoms with Gasteiger partial charge in [-0.2, -0.15) is 0 Å². The van der Waals surface area contributed by atoms with E-state index in [1.165, 1.54) is 0 Å². The molecule has 0 saturated carbocycles. The number of amides is 1. The first-order valence-electron chi connectivity index (χ1n) is 7.46. The molecular weight excluding hydrogens is 358 g/mol. The van der Waals surface area contributed by atoms with Crippen molar-refractivity contribution in [3.63, 3.8) is 0 Å². The summed E-state index contributed by atoms with van der Waals surface area (Å²) in [5.74, 6) is 1.36. The van der Waals surface area contributed by atoms with E-state index in [9.17, 15) is 4.79 Å². The molecule has 0 heterocycles. The molecule has 0 aliphatic heterocycles. The van der Waals surface area contributed by atoms with Crippen LogP contribution in [0.25, 0.3) is 0 Å². The van der Waals surface area contributed by atoms with E-state index in [2.05, 4.69) is 21.2 Å². The van der Waals surface area contributed by atoms with Gasteiger partial charge in [-0.25, -0.2) is 0 Å². The van der Waals surface area contributed by atoms with Gasteiger partial charge in [-0.05, 0) is 55.3 Å². The van der Waals surface area contributed by atoms with Crippen molar-refractivity contribution in [2.75, 3.05) is 13.2 Å². The lowest BCUT2D eigenvalue weighted by molar-refractivity contribution is -0.123. The van der Waals surface area contributed by atoms with Gasteiger partial charge in [0.1, 0.15) is 11.5 Å². The summed E-state index contributed by atoms with van der Waals surface area (Å²) < 4.78 is 11.9. The maximum absolute atomic E-state index is 11.8. The van der Waals surface area contributed by atoms with E-state index in [4.69, 9.17) is 9.47 Å². The number of benzene rings is 2. The Balaban J connectivity index is 1.77. The van der Waals surface area contributed by atoms with Crippen LogP contribution in [0.4, 0.5) is 0 Å². The number of hydrogen-bond acceptors (Lipinski definition) is 3. The minimum absolute atomic E-state index is 0.00188. The standard InChI is InChI=1S/C18H20BrNO3/c1-3-22-15-6-4-14(5-7-15)11-20-18(21)12-23-16-8-9-17(19)13(2)10-16/h4-10H,3,11-12H2,1-2H3,(H,20,21). The molecule has 0 aliphatic carbocycles. The Kier molecular flexibility index (Phi) is 6.47. The quantitative estimate of drug-likeness (QED) is 0.796. The summed E-state index contributed by atoms with van der Waals surface area (Å²) in [6.07, 6.45) is 0. The Morgan fingerprint density at radius 1 is 1.09 bits per heavy atom. The number of hydrogen-bond donors (Lipinski definition) is 1. The second kappa shape index (κ2) is 8.58. The second-order valence-corrected chi connectivity index (χ2v) is 5.91. The van der Waals surface area contributed by atoms with Crippen LogP contribution in [0, 0.1) is 6.92 Å². The van der Waals surface area contributed by atoms with Crippen LogP contribution in [0.2, 0.25) is 0 Å². The summed E-state index contributed by atoms with van der Waals surface area (Å²) in [6, 6.07) is 13.3. The van der Waals surface area contributed by atoms with Gasteiger partial charge in [0.2, 0.25) is 0 Å². The third-order valence-electron chi connectivity index (χ3n) is 3.22. The second-order valence-electron chi connectivity index (χ2n) is 5.05. The molecule has 0 bridgehead atoms. The van der Waals surface area contributed by atoms with Crippen molar-refractivity contribution in [3.05, 3.63) is 58.1 Å². The zero-order valence-electron chi connectivity index (χ0n) is 13.3. The van der Waals surface area contributed by atoms with Crippen LogP contribution in [0.1, 0.15) is 18.1 Å². The van der Waals surface area contributed by atoms with Gasteiger partial charge in [-0.1, -0.05) is 28.1 Å². The molecule has 4 nitrogen and oxygen atoms in total. The van der Waals surface area contributed by atoms with Crippen LogP contribution in [-0.2, 0) is 11.3 Å². The van der Waals surface area contributed by atoms with E-state index >= 15 is 0 Å². The molecule has 1 amide bonds. The Labute approximate surface area is 144 Å². The van der Waals surface area contributed by atoms with Crippen LogP contribution in [0.5, 0.6) is 11.5 Å². The SMILES string of the molecule is CCOc1ccc(CNC(=O)COc2ccc(Br)c(C)c2)cc1. The van der Waals surface area contributed by atoms with Gasteiger partial charge < -0.3 is 14.8 Å². The molecule has 0 aliphatic rings. The smallest absolute Gasteiger partial charge is 0.258 e. The fraction of sp³-hybridized carbons (Fsp3) is 0.278. The van der Waals surface area contributed by atoms with Gasteiger partial charge in [0.05, 0.1) is 6.61 Å². The molecule has 2 rings (SSSR count). The molecule has 0 atom stereocenters. The third kappa shape index (κ3) is 5.60. The lowest BCUT2D eigenvalue weighted by atomic mass is 10.2. The van der Waals surface area contributed by atoms with Crippen LogP contribution < -0.4 is 14.8 Å². The van der Waals surface area contributed by atoms with Crippen molar-refractivity contribution in [1.82, 2.24) is 5.32 Å². The highest BCUT2D eigenvalue weighted by Crippen LogP contribution is 2.21. The Hall–Kier alpha value is -2.01. The normalized spacial score (nSPS) is 10.2. The largest absolute Gasteiger partial charge is 0.494 e. The average molecular weight is 378 g/mol. The predicted molar refractivity (Wildman–Crippen MR) is 93.8 cm³/mol. The number of carbonyl (C=O) groups is 1. The zero-order chi connectivity index (χ0) is 16.7. The zero-order valence-corrected chi connectivity index (χ0v) is 14.9. The summed E-state index contributed by atoms with van der Waals surface area (Å²) in [6.45, 7) is 5.03. The molecule has 0 aromatic heterocycles. The molecule has 122 valence electrons. The number of nitrogens with one attached hydrogen (secondary N) is 1. The van der Waals surface area contributed by atoms with Gasteiger partial charge in [0.15, 0.2) is 6.61 Å². The number of aryl methyl sites for hydroxylation is 1. The monoisotopic (exact) mass is 377 g/mol. The molecule has 23 heavy (non-hydrogen) atoms. The van der Waals surface area contributed by atoms with E-state index in [-0.39, 0.29) is 12.5 Å². The summed E-state index contributed by atoms with van der Waals surface area (Å²) in [7, 11) is 0. The first kappa shape index (κ1) is 17.3. The van der Waals surface area contributed by atoms with Crippen LogP contribution >= 0.6 is 15.9 Å². The lowest BCUT2D eigenvalue weighted by Gasteiger charge is -2.09. The summed E-state index contributed by atoms with van der Waals surface area (Å²) in [5.41, 5.74) is 2.08. The first-order chi connectivity index (χ1) is 11.1. The van der Waals surface area contributed by atoms with Crippen molar-refractivity contribution < 1.29 is 14.3 Å². The minimum atomic E-state index is -0.153. The van der Waals surface area contributed by atoms with Gasteiger partial charge in [0.25, 0.3) is 5.91 Å². The van der Waals surface area contributed by atoms with E-state index in [1.54, 1.807) is 0 Å². The van der Waals surface area contributed by atoms with E-state index in [1.807, 2.05) is 56.3 Å². The van der Waals surface area contributed by atoms with Gasteiger partial charge >= 0.3 is 0 Å². The number of ether oxygens (including phenoxy) is 2. The molecule has 0 radical (unpaired) electrons. The van der Waals surface area contributed by atoms with Crippen LogP contribution in [0.15, 0.2) is 46.9 Å². The van der Waals surface area contributed by atoms with Crippen LogP contribution in [-0.4, -0.2) is 19.1 Å². The lowest BCUT2D eigenvalue weighted by Crippen LogP contribution is -2.28. The Morgan fingerprint density at radius 2 is 1.78 bits per heavy atom. The highest BCUT2D eigenvalue weighted by Gasteiger charge is 2.04. The van der Waals surface area contributed by atoms with Crippen molar-refractivity contribution in [2.24, 2.45) is 0 Å².